The SMILES string of the molecule is FC(F)c1cccc(CNCCc2cccs2)c1. The first kappa shape index (κ1) is 13.2. The van der Waals surface area contributed by atoms with E-state index in [0.29, 0.717) is 6.54 Å². The highest BCUT2D eigenvalue weighted by Crippen LogP contribution is 2.19. The van der Waals surface area contributed by atoms with Crippen molar-refractivity contribution < 1.29 is 8.78 Å². The normalized spacial score (nSPS) is 11.1. The third-order valence-electron chi connectivity index (χ3n) is 2.66. The highest BCUT2D eigenvalue weighted by Gasteiger charge is 2.06. The topological polar surface area (TPSA) is 12.0 Å². The molecule has 1 aromatic carbocycles. The number of nitrogens with one attached hydrogen (secondary N) is 1. The van der Waals surface area contributed by atoms with Gasteiger partial charge in [-0.15, -0.1) is 11.3 Å². The number of thiophene rings is 1. The van der Waals surface area contributed by atoms with E-state index >= 15 is 0 Å². The summed E-state index contributed by atoms with van der Waals surface area (Å²) in [5.41, 5.74) is 0.992. The molecule has 4 heteroatoms. The van der Waals surface area contributed by atoms with Crippen LogP contribution in [0.15, 0.2) is 41.8 Å². The van der Waals surface area contributed by atoms with Crippen LogP contribution in [0.3, 0.4) is 0 Å². The number of benzene rings is 1. The smallest absolute Gasteiger partial charge is 0.263 e. The lowest BCUT2D eigenvalue weighted by Crippen LogP contribution is -2.16. The van der Waals surface area contributed by atoms with Gasteiger partial charge in [-0.25, -0.2) is 8.78 Å². The van der Waals surface area contributed by atoms with Crippen molar-refractivity contribution in [3.63, 3.8) is 0 Å². The quantitative estimate of drug-likeness (QED) is 0.779. The third kappa shape index (κ3) is 3.89. The van der Waals surface area contributed by atoms with Gasteiger partial charge in [0.1, 0.15) is 0 Å². The Morgan fingerprint density at radius 1 is 1.17 bits per heavy atom. The Bertz CT molecular complexity index is 468. The number of rotatable bonds is 6. The molecule has 0 amide bonds. The van der Waals surface area contributed by atoms with E-state index in [9.17, 15) is 8.78 Å². The molecule has 2 aromatic rings. The van der Waals surface area contributed by atoms with Crippen LogP contribution < -0.4 is 5.32 Å². The Morgan fingerprint density at radius 2 is 2.06 bits per heavy atom. The second kappa shape index (κ2) is 6.61. The molecule has 0 radical (unpaired) electrons. The molecule has 96 valence electrons. The van der Waals surface area contributed by atoms with Crippen molar-refractivity contribution in [2.24, 2.45) is 0 Å². The number of alkyl halides is 2. The Kier molecular flexibility index (Phi) is 4.84. The monoisotopic (exact) mass is 267 g/mol. The molecular weight excluding hydrogens is 252 g/mol. The summed E-state index contributed by atoms with van der Waals surface area (Å²) in [6, 6.07) is 10.7. The van der Waals surface area contributed by atoms with E-state index in [1.807, 2.05) is 12.1 Å². The van der Waals surface area contributed by atoms with Crippen LogP contribution >= 0.6 is 11.3 Å². The van der Waals surface area contributed by atoms with Crippen LogP contribution in [0, 0.1) is 0 Å². The van der Waals surface area contributed by atoms with Crippen LogP contribution in [0.5, 0.6) is 0 Å². The molecule has 0 unspecified atom stereocenters. The summed E-state index contributed by atoms with van der Waals surface area (Å²) < 4.78 is 25.0. The van der Waals surface area contributed by atoms with Gasteiger partial charge < -0.3 is 5.32 Å². The first-order chi connectivity index (χ1) is 8.75. The predicted octanol–water partition coefficient (Wildman–Crippen LogP) is 4.02. The summed E-state index contributed by atoms with van der Waals surface area (Å²) in [5.74, 6) is 0. The first-order valence-corrected chi connectivity index (χ1v) is 6.74. The summed E-state index contributed by atoms with van der Waals surface area (Å²) in [6.45, 7) is 1.49. The molecule has 0 saturated carbocycles. The van der Waals surface area contributed by atoms with E-state index in [4.69, 9.17) is 0 Å². The molecule has 1 nitrogen and oxygen atoms in total. The molecule has 0 aliphatic heterocycles. The van der Waals surface area contributed by atoms with Crippen molar-refractivity contribution in [2.45, 2.75) is 19.4 Å². The highest BCUT2D eigenvalue weighted by atomic mass is 32.1. The van der Waals surface area contributed by atoms with Gasteiger partial charge in [-0.2, -0.15) is 0 Å². The van der Waals surface area contributed by atoms with Crippen LogP contribution in [0.25, 0.3) is 0 Å². The van der Waals surface area contributed by atoms with Crippen molar-refractivity contribution in [3.8, 4) is 0 Å². The van der Waals surface area contributed by atoms with Gasteiger partial charge >= 0.3 is 0 Å². The fourth-order valence-electron chi connectivity index (χ4n) is 1.74. The largest absolute Gasteiger partial charge is 0.312 e. The van der Waals surface area contributed by atoms with Gasteiger partial charge in [0.05, 0.1) is 0 Å². The molecule has 1 N–H and O–H groups in total. The summed E-state index contributed by atoms with van der Waals surface area (Å²) in [4.78, 5) is 1.34. The maximum absolute atomic E-state index is 12.5. The standard InChI is InChI=1S/C14H15F2NS/c15-14(16)12-4-1-3-11(9-12)10-17-7-6-13-5-2-8-18-13/h1-5,8-9,14,17H,6-7,10H2. The molecule has 0 fully saturated rings. The molecular formula is C14H15F2NS. The van der Waals surface area contributed by atoms with Crippen LogP contribution in [0.2, 0.25) is 0 Å². The summed E-state index contributed by atoms with van der Waals surface area (Å²) in [7, 11) is 0. The van der Waals surface area contributed by atoms with E-state index in [-0.39, 0.29) is 5.56 Å². The molecule has 0 aliphatic rings. The predicted molar refractivity (Wildman–Crippen MR) is 71.1 cm³/mol. The minimum atomic E-state index is -2.39. The maximum Gasteiger partial charge on any atom is 0.263 e. The van der Waals surface area contributed by atoms with Gasteiger partial charge in [-0.3, -0.25) is 0 Å². The summed E-state index contributed by atoms with van der Waals surface area (Å²) in [5, 5.41) is 5.32. The third-order valence-corrected chi connectivity index (χ3v) is 3.60. The maximum atomic E-state index is 12.5. The van der Waals surface area contributed by atoms with Crippen LogP contribution in [-0.2, 0) is 13.0 Å². The molecule has 1 heterocycles. The lowest BCUT2D eigenvalue weighted by atomic mass is 10.1. The van der Waals surface area contributed by atoms with E-state index in [0.717, 1.165) is 18.5 Å². The molecule has 0 saturated heterocycles. The molecule has 0 aliphatic carbocycles. The fraction of sp³-hybridized carbons (Fsp3) is 0.286. The van der Waals surface area contributed by atoms with E-state index in [1.165, 1.54) is 10.9 Å². The number of hydrogen-bond donors (Lipinski definition) is 1. The van der Waals surface area contributed by atoms with Crippen molar-refractivity contribution >= 4 is 11.3 Å². The zero-order valence-corrected chi connectivity index (χ0v) is 10.7. The zero-order chi connectivity index (χ0) is 12.8. The summed E-state index contributed by atoms with van der Waals surface area (Å²) >= 11 is 1.74. The lowest BCUT2D eigenvalue weighted by Gasteiger charge is -2.06. The van der Waals surface area contributed by atoms with Gasteiger partial charge in [0, 0.05) is 23.5 Å². The second-order valence-corrected chi connectivity index (χ2v) is 5.08. The van der Waals surface area contributed by atoms with Crippen molar-refractivity contribution in [1.29, 1.82) is 0 Å². The first-order valence-electron chi connectivity index (χ1n) is 5.86. The van der Waals surface area contributed by atoms with E-state index in [2.05, 4.69) is 16.8 Å². The van der Waals surface area contributed by atoms with Gasteiger partial charge in [0.2, 0.25) is 0 Å². The fourth-order valence-corrected chi connectivity index (χ4v) is 2.45. The Morgan fingerprint density at radius 3 is 2.78 bits per heavy atom. The minimum absolute atomic E-state index is 0.0903. The van der Waals surface area contributed by atoms with Crippen molar-refractivity contribution in [2.75, 3.05) is 6.54 Å². The Hall–Kier alpha value is -1.26. The minimum Gasteiger partial charge on any atom is -0.312 e. The molecule has 0 spiro atoms. The van der Waals surface area contributed by atoms with Gasteiger partial charge in [0.15, 0.2) is 0 Å². The molecule has 2 rings (SSSR count). The Balaban J connectivity index is 1.78. The molecule has 0 atom stereocenters. The van der Waals surface area contributed by atoms with E-state index < -0.39 is 6.43 Å². The average Bonchev–Trinajstić information content (AvgIpc) is 2.88. The van der Waals surface area contributed by atoms with Gasteiger partial charge in [-0.1, -0.05) is 24.3 Å². The zero-order valence-electron chi connectivity index (χ0n) is 9.90. The number of halogens is 2. The summed E-state index contributed by atoms with van der Waals surface area (Å²) in [6.07, 6.45) is -1.41. The number of hydrogen-bond acceptors (Lipinski definition) is 2. The molecule has 1 aromatic heterocycles. The van der Waals surface area contributed by atoms with Gasteiger partial charge in [-0.05, 0) is 29.5 Å². The van der Waals surface area contributed by atoms with Crippen molar-refractivity contribution in [3.05, 3.63) is 57.8 Å². The van der Waals surface area contributed by atoms with Crippen LogP contribution in [0.4, 0.5) is 8.78 Å². The van der Waals surface area contributed by atoms with Crippen molar-refractivity contribution in [1.82, 2.24) is 5.32 Å². The average molecular weight is 267 g/mol. The lowest BCUT2D eigenvalue weighted by molar-refractivity contribution is 0.151. The van der Waals surface area contributed by atoms with Crippen LogP contribution in [-0.4, -0.2) is 6.54 Å². The highest BCUT2D eigenvalue weighted by molar-refractivity contribution is 7.09. The molecule has 18 heavy (non-hydrogen) atoms. The second-order valence-electron chi connectivity index (χ2n) is 4.05. The van der Waals surface area contributed by atoms with Crippen LogP contribution in [0.1, 0.15) is 22.4 Å². The van der Waals surface area contributed by atoms with Gasteiger partial charge in [0.25, 0.3) is 6.43 Å². The van der Waals surface area contributed by atoms with E-state index in [1.54, 1.807) is 23.5 Å². The Labute approximate surface area is 109 Å². The molecule has 0 bridgehead atoms.